The maximum atomic E-state index is 13.9. The molecule has 48 heavy (non-hydrogen) atoms. The van der Waals surface area contributed by atoms with Crippen LogP contribution in [-0.2, 0) is 35.2 Å². The second-order valence-corrected chi connectivity index (χ2v) is 12.5. The number of amides is 3. The summed E-state index contributed by atoms with van der Waals surface area (Å²) < 4.78 is 59.2. The van der Waals surface area contributed by atoms with Crippen LogP contribution in [0.4, 0.5) is 18.0 Å². The molecule has 3 aromatic rings. The first-order valence-corrected chi connectivity index (χ1v) is 16.6. The number of urea groups is 1. The molecular formula is C37H43F3N2O6. The van der Waals surface area contributed by atoms with Gasteiger partial charge in [0.15, 0.2) is 17.1 Å². The molecule has 0 aliphatic carbocycles. The van der Waals surface area contributed by atoms with Gasteiger partial charge in [-0.3, -0.25) is 9.69 Å². The molecule has 0 aromatic heterocycles. The number of hydrogen-bond acceptors (Lipinski definition) is 6. The molecule has 0 spiro atoms. The average Bonchev–Trinajstić information content (AvgIpc) is 3.32. The predicted octanol–water partition coefficient (Wildman–Crippen LogP) is 6.98. The van der Waals surface area contributed by atoms with Gasteiger partial charge < -0.3 is 24.6 Å². The molecule has 2 N–H and O–H groups in total. The molecule has 3 amide bonds. The van der Waals surface area contributed by atoms with Crippen molar-refractivity contribution >= 4 is 11.9 Å². The maximum absolute atomic E-state index is 13.9. The standard InChI is InChI=1S/C37H43F3N2O6/c1-4-11-26-22-29(35(3,45)37(38,39)40)23-27(15-14-25-12-7-6-8-13-25)32(26)48-19-10-9-18-42-33(43)36(5-2,41-34(42)44)28-16-17-30-31(24-28)47-21-20-46-30/h6-8,12-13,16-17,22-24,45H,4-5,9-11,14-15,18-21H2,1-3H3,(H,41,44). The van der Waals surface area contributed by atoms with E-state index in [2.05, 4.69) is 5.32 Å². The number of fused-ring (bicyclic) bond motifs is 1. The third-order valence-corrected chi connectivity index (χ3v) is 9.17. The van der Waals surface area contributed by atoms with E-state index in [1.165, 1.54) is 17.0 Å². The minimum Gasteiger partial charge on any atom is -0.493 e. The predicted molar refractivity (Wildman–Crippen MR) is 174 cm³/mol. The molecule has 0 radical (unpaired) electrons. The molecule has 2 atom stereocenters. The largest absolute Gasteiger partial charge is 0.493 e. The lowest BCUT2D eigenvalue weighted by Crippen LogP contribution is -2.43. The zero-order valence-electron chi connectivity index (χ0n) is 27.6. The van der Waals surface area contributed by atoms with Gasteiger partial charge in [-0.05, 0) is 97.5 Å². The molecule has 1 fully saturated rings. The minimum absolute atomic E-state index is 0.177. The summed E-state index contributed by atoms with van der Waals surface area (Å²) in [6.45, 7) is 5.80. The van der Waals surface area contributed by atoms with Crippen molar-refractivity contribution in [1.82, 2.24) is 10.2 Å². The number of carbonyl (C=O) groups excluding carboxylic acids is 2. The third-order valence-electron chi connectivity index (χ3n) is 9.17. The zero-order valence-corrected chi connectivity index (χ0v) is 27.6. The average molecular weight is 669 g/mol. The Labute approximate surface area is 279 Å². The number of nitrogens with one attached hydrogen (secondary N) is 1. The summed E-state index contributed by atoms with van der Waals surface area (Å²) in [7, 11) is 0. The molecule has 8 nitrogen and oxygen atoms in total. The molecule has 0 bridgehead atoms. The lowest BCUT2D eigenvalue weighted by molar-refractivity contribution is -0.258. The molecule has 2 aliphatic rings. The fraction of sp³-hybridized carbons (Fsp3) is 0.459. The first kappa shape index (κ1) is 35.1. The van der Waals surface area contributed by atoms with Crippen molar-refractivity contribution < 1.29 is 42.1 Å². The van der Waals surface area contributed by atoms with Crippen molar-refractivity contribution in [2.75, 3.05) is 26.4 Å². The van der Waals surface area contributed by atoms with Crippen LogP contribution < -0.4 is 19.5 Å². The fourth-order valence-corrected chi connectivity index (χ4v) is 6.27. The van der Waals surface area contributed by atoms with Gasteiger partial charge in [0.25, 0.3) is 5.91 Å². The molecule has 5 rings (SSSR count). The van der Waals surface area contributed by atoms with E-state index >= 15 is 0 Å². The Hall–Kier alpha value is -4.25. The van der Waals surface area contributed by atoms with Gasteiger partial charge in [-0.15, -0.1) is 0 Å². The van der Waals surface area contributed by atoms with Gasteiger partial charge >= 0.3 is 12.2 Å². The first-order valence-electron chi connectivity index (χ1n) is 16.6. The SMILES string of the molecule is CCCc1cc(C(C)(O)C(F)(F)F)cc(CCc2ccccc2)c1OCCCCN1C(=O)NC(CC)(c2ccc3c(c2)OCCO3)C1=O. The molecule has 2 heterocycles. The molecule has 1 saturated heterocycles. The van der Waals surface area contributed by atoms with E-state index in [0.29, 0.717) is 92.1 Å². The summed E-state index contributed by atoms with van der Waals surface area (Å²) in [4.78, 5) is 28.0. The summed E-state index contributed by atoms with van der Waals surface area (Å²) in [5.74, 6) is 1.31. The Morgan fingerprint density at radius 2 is 1.60 bits per heavy atom. The van der Waals surface area contributed by atoms with Gasteiger partial charge in [0.2, 0.25) is 0 Å². The number of hydrogen-bond donors (Lipinski definition) is 2. The molecule has 2 unspecified atom stereocenters. The Kier molecular flexibility index (Phi) is 10.6. The van der Waals surface area contributed by atoms with Crippen molar-refractivity contribution in [3.05, 3.63) is 88.5 Å². The quantitative estimate of drug-likeness (QED) is 0.142. The maximum Gasteiger partial charge on any atom is 0.421 e. The van der Waals surface area contributed by atoms with Crippen molar-refractivity contribution in [3.8, 4) is 17.2 Å². The highest BCUT2D eigenvalue weighted by Gasteiger charge is 2.52. The van der Waals surface area contributed by atoms with E-state index < -0.39 is 23.3 Å². The Morgan fingerprint density at radius 3 is 2.27 bits per heavy atom. The van der Waals surface area contributed by atoms with Crippen molar-refractivity contribution in [2.24, 2.45) is 0 Å². The fourth-order valence-electron chi connectivity index (χ4n) is 6.27. The Morgan fingerprint density at radius 1 is 0.917 bits per heavy atom. The normalized spacial score (nSPS) is 18.9. The number of aryl methyl sites for hydroxylation is 3. The topological polar surface area (TPSA) is 97.3 Å². The number of benzene rings is 3. The number of imide groups is 1. The number of unbranched alkanes of at least 4 members (excludes halogenated alkanes) is 1. The molecule has 2 aliphatic heterocycles. The van der Waals surface area contributed by atoms with Crippen LogP contribution in [0.5, 0.6) is 17.2 Å². The molecule has 3 aromatic carbocycles. The highest BCUT2D eigenvalue weighted by atomic mass is 19.4. The Bertz CT molecular complexity index is 1610. The van der Waals surface area contributed by atoms with Crippen LogP contribution in [-0.4, -0.2) is 54.5 Å². The van der Waals surface area contributed by atoms with Crippen LogP contribution in [0.1, 0.15) is 74.3 Å². The van der Waals surface area contributed by atoms with E-state index in [1.54, 1.807) is 18.2 Å². The molecular weight excluding hydrogens is 625 g/mol. The van der Waals surface area contributed by atoms with Gasteiger partial charge in [-0.2, -0.15) is 13.2 Å². The number of halogens is 3. The van der Waals surface area contributed by atoms with Crippen LogP contribution in [0.3, 0.4) is 0 Å². The first-order chi connectivity index (χ1) is 22.9. The number of aliphatic hydroxyl groups is 1. The molecule has 258 valence electrons. The highest BCUT2D eigenvalue weighted by molar-refractivity contribution is 6.07. The van der Waals surface area contributed by atoms with Gasteiger partial charge in [-0.1, -0.05) is 56.7 Å². The number of rotatable bonds is 14. The minimum atomic E-state index is -4.85. The second kappa shape index (κ2) is 14.5. The summed E-state index contributed by atoms with van der Waals surface area (Å²) in [5, 5.41) is 13.4. The van der Waals surface area contributed by atoms with Crippen molar-refractivity contribution in [2.45, 2.75) is 83.0 Å². The number of alkyl halides is 3. The van der Waals surface area contributed by atoms with Crippen LogP contribution >= 0.6 is 0 Å². The van der Waals surface area contributed by atoms with Crippen LogP contribution in [0, 0.1) is 0 Å². The van der Waals surface area contributed by atoms with E-state index in [4.69, 9.17) is 14.2 Å². The summed E-state index contributed by atoms with van der Waals surface area (Å²) in [6.07, 6.45) is -1.42. The van der Waals surface area contributed by atoms with Gasteiger partial charge in [0.05, 0.1) is 6.61 Å². The number of carbonyl (C=O) groups is 2. The lowest BCUT2D eigenvalue weighted by atomic mass is 9.87. The lowest BCUT2D eigenvalue weighted by Gasteiger charge is -2.29. The van der Waals surface area contributed by atoms with Crippen molar-refractivity contribution in [3.63, 3.8) is 0 Å². The van der Waals surface area contributed by atoms with Crippen molar-refractivity contribution in [1.29, 1.82) is 0 Å². The molecule has 0 saturated carbocycles. The number of nitrogens with zero attached hydrogens (tertiary/aromatic N) is 1. The van der Waals surface area contributed by atoms with E-state index in [-0.39, 0.29) is 24.6 Å². The van der Waals surface area contributed by atoms with Gasteiger partial charge in [0.1, 0.15) is 24.5 Å². The second-order valence-electron chi connectivity index (χ2n) is 12.5. The van der Waals surface area contributed by atoms with Gasteiger partial charge in [0, 0.05) is 6.54 Å². The highest BCUT2D eigenvalue weighted by Crippen LogP contribution is 2.42. The Balaban J connectivity index is 1.29. The summed E-state index contributed by atoms with van der Waals surface area (Å²) >= 11 is 0. The number of ether oxygens (including phenoxy) is 3. The zero-order chi connectivity index (χ0) is 34.5. The monoisotopic (exact) mass is 668 g/mol. The van der Waals surface area contributed by atoms with E-state index in [9.17, 15) is 27.9 Å². The summed E-state index contributed by atoms with van der Waals surface area (Å²) in [6, 6.07) is 17.2. The third kappa shape index (κ3) is 7.11. The van der Waals surface area contributed by atoms with Crippen LogP contribution in [0.25, 0.3) is 0 Å². The van der Waals surface area contributed by atoms with Crippen LogP contribution in [0.15, 0.2) is 60.7 Å². The van der Waals surface area contributed by atoms with E-state index in [0.717, 1.165) is 12.5 Å². The smallest absolute Gasteiger partial charge is 0.421 e. The molecule has 11 heteroatoms. The summed E-state index contributed by atoms with van der Waals surface area (Å²) in [5.41, 5.74) is -1.61. The van der Waals surface area contributed by atoms with Crippen LogP contribution in [0.2, 0.25) is 0 Å². The van der Waals surface area contributed by atoms with E-state index in [1.807, 2.05) is 44.2 Å². The van der Waals surface area contributed by atoms with Gasteiger partial charge in [-0.25, -0.2) is 4.79 Å².